The van der Waals surface area contributed by atoms with Crippen LogP contribution in [-0.2, 0) is 34.2 Å². The largest absolute Gasteiger partial charge is 0.340 e. The predicted octanol–water partition coefficient (Wildman–Crippen LogP) is 4.38. The molecule has 1 aliphatic rings. The molecule has 0 radical (unpaired) electrons. The van der Waals surface area contributed by atoms with E-state index in [2.05, 4.69) is 13.8 Å². The zero-order valence-corrected chi connectivity index (χ0v) is 15.0. The lowest BCUT2D eigenvalue weighted by atomic mass is 9.97. The van der Waals surface area contributed by atoms with Crippen LogP contribution in [0, 0.1) is 5.41 Å². The molecule has 0 atom stereocenters. The molecule has 0 unspecified atom stereocenters. The molecule has 114 valence electrons. The van der Waals surface area contributed by atoms with Crippen LogP contribution in [0.2, 0.25) is 0 Å². The minimum Gasteiger partial charge on any atom is -0.311 e. The SMILES string of the molecule is CC(C)OP(=S)(OC(C)C)OP1OCC(C)(C)CO1. The maximum absolute atomic E-state index is 5.70. The van der Waals surface area contributed by atoms with Gasteiger partial charge in [-0.15, -0.1) is 0 Å². The quantitative estimate of drug-likeness (QED) is 0.674. The second kappa shape index (κ2) is 7.24. The Kier molecular flexibility index (Phi) is 6.83. The molecule has 0 saturated carbocycles. The fraction of sp³-hybridized carbons (Fsp3) is 1.00. The molecule has 1 rings (SSSR count). The molecule has 1 heterocycles. The Bertz CT molecular complexity index is 311. The third-order valence-corrected chi connectivity index (χ3v) is 6.46. The summed E-state index contributed by atoms with van der Waals surface area (Å²) in [7, 11) is -1.48. The van der Waals surface area contributed by atoms with E-state index in [1.165, 1.54) is 0 Å². The summed E-state index contributed by atoms with van der Waals surface area (Å²) in [6.45, 7) is 10.1. The summed E-state index contributed by atoms with van der Waals surface area (Å²) in [4.78, 5) is 0. The van der Waals surface area contributed by atoms with Crippen LogP contribution in [-0.4, -0.2) is 25.4 Å². The first-order chi connectivity index (χ1) is 8.62. The van der Waals surface area contributed by atoms with Gasteiger partial charge in [0.2, 0.25) is 0 Å². The van der Waals surface area contributed by atoms with Crippen molar-refractivity contribution in [2.45, 2.75) is 53.8 Å². The molecule has 19 heavy (non-hydrogen) atoms. The fourth-order valence-corrected chi connectivity index (χ4v) is 6.17. The average Bonchev–Trinajstić information content (AvgIpc) is 2.18. The lowest BCUT2D eigenvalue weighted by Crippen LogP contribution is -2.28. The summed E-state index contributed by atoms with van der Waals surface area (Å²) in [6.07, 6.45) is -0.137. The molecular weight excluding hydrogens is 306 g/mol. The third kappa shape index (κ3) is 6.92. The van der Waals surface area contributed by atoms with E-state index in [1.807, 2.05) is 27.7 Å². The molecular formula is C11H24O5P2S. The fourth-order valence-electron chi connectivity index (χ4n) is 1.24. The molecule has 1 fully saturated rings. The van der Waals surface area contributed by atoms with Crippen molar-refractivity contribution in [1.29, 1.82) is 0 Å². The highest BCUT2D eigenvalue weighted by Gasteiger charge is 2.36. The Morgan fingerprint density at radius 1 is 1.05 bits per heavy atom. The van der Waals surface area contributed by atoms with E-state index >= 15 is 0 Å². The van der Waals surface area contributed by atoms with Crippen LogP contribution in [0.25, 0.3) is 0 Å². The molecule has 8 heteroatoms. The average molecular weight is 330 g/mol. The van der Waals surface area contributed by atoms with E-state index in [1.54, 1.807) is 0 Å². The summed E-state index contributed by atoms with van der Waals surface area (Å²) in [6, 6.07) is 0. The predicted molar refractivity (Wildman–Crippen MR) is 80.4 cm³/mol. The van der Waals surface area contributed by atoms with Gasteiger partial charge in [-0.05, 0) is 39.5 Å². The standard InChI is InChI=1S/C11H24O5P2S/c1-9(2)14-18(19,15-10(3)4)16-17-12-7-11(5,6)8-13-17/h9-10H,7-8H2,1-6H3. The minimum absolute atomic E-state index is 0.00254. The molecule has 0 bridgehead atoms. The summed E-state index contributed by atoms with van der Waals surface area (Å²) < 4.78 is 28.1. The minimum atomic E-state index is -2.83. The number of hydrogen-bond acceptors (Lipinski definition) is 6. The highest BCUT2D eigenvalue weighted by molar-refractivity contribution is 8.08. The van der Waals surface area contributed by atoms with Gasteiger partial charge < -0.3 is 18.1 Å². The molecule has 0 amide bonds. The molecule has 0 aliphatic carbocycles. The monoisotopic (exact) mass is 330 g/mol. The Morgan fingerprint density at radius 3 is 1.84 bits per heavy atom. The molecule has 1 aliphatic heterocycles. The number of hydrogen-bond donors (Lipinski definition) is 0. The molecule has 5 nitrogen and oxygen atoms in total. The lowest BCUT2D eigenvalue weighted by Gasteiger charge is -2.35. The van der Waals surface area contributed by atoms with Gasteiger partial charge in [-0.2, -0.15) is 0 Å². The van der Waals surface area contributed by atoms with E-state index in [-0.39, 0.29) is 17.6 Å². The molecule has 0 N–H and O–H groups in total. The van der Waals surface area contributed by atoms with E-state index in [9.17, 15) is 0 Å². The van der Waals surface area contributed by atoms with Gasteiger partial charge in [0.05, 0.1) is 25.4 Å². The van der Waals surface area contributed by atoms with Crippen LogP contribution in [0.1, 0.15) is 41.5 Å². The molecule has 0 aromatic rings. The van der Waals surface area contributed by atoms with Crippen LogP contribution in [0.4, 0.5) is 0 Å². The van der Waals surface area contributed by atoms with E-state index in [0.717, 1.165) is 0 Å². The maximum atomic E-state index is 5.70. The van der Waals surface area contributed by atoms with E-state index < -0.39 is 15.3 Å². The van der Waals surface area contributed by atoms with Gasteiger partial charge in [-0.25, -0.2) is 4.31 Å². The summed E-state index contributed by atoms with van der Waals surface area (Å²) >= 11 is 5.39. The van der Waals surface area contributed by atoms with Crippen LogP contribution in [0.3, 0.4) is 0 Å². The highest BCUT2D eigenvalue weighted by atomic mass is 32.5. The Balaban J connectivity index is 2.60. The van der Waals surface area contributed by atoms with Crippen molar-refractivity contribution < 1.29 is 22.4 Å². The molecule has 0 aromatic heterocycles. The van der Waals surface area contributed by atoms with E-state index in [4.69, 9.17) is 34.2 Å². The molecule has 0 aromatic carbocycles. The molecule has 1 saturated heterocycles. The highest BCUT2D eigenvalue weighted by Crippen LogP contribution is 2.64. The normalized spacial score (nSPS) is 21.3. The summed E-state index contributed by atoms with van der Waals surface area (Å²) in [5.41, 5.74) is 0.00254. The van der Waals surface area contributed by atoms with Crippen LogP contribution >= 0.6 is 15.3 Å². The van der Waals surface area contributed by atoms with Gasteiger partial charge in [-0.3, -0.25) is 0 Å². The third-order valence-electron chi connectivity index (χ3n) is 1.97. The first-order valence-electron chi connectivity index (χ1n) is 6.34. The zero-order valence-electron chi connectivity index (χ0n) is 12.4. The maximum Gasteiger partial charge on any atom is 0.340 e. The van der Waals surface area contributed by atoms with Crippen LogP contribution < -0.4 is 0 Å². The van der Waals surface area contributed by atoms with Crippen molar-refractivity contribution in [2.24, 2.45) is 5.41 Å². The van der Waals surface area contributed by atoms with Gasteiger partial charge in [0, 0.05) is 5.41 Å². The van der Waals surface area contributed by atoms with Crippen molar-refractivity contribution in [3.63, 3.8) is 0 Å². The van der Waals surface area contributed by atoms with Crippen LogP contribution in [0.5, 0.6) is 0 Å². The van der Waals surface area contributed by atoms with Gasteiger partial charge in [0.25, 0.3) is 0 Å². The smallest absolute Gasteiger partial charge is 0.311 e. The first-order valence-corrected chi connectivity index (χ1v) is 9.99. The van der Waals surface area contributed by atoms with Crippen LogP contribution in [0.15, 0.2) is 0 Å². The van der Waals surface area contributed by atoms with Crippen molar-refractivity contribution >= 4 is 27.1 Å². The Morgan fingerprint density at radius 2 is 1.47 bits per heavy atom. The van der Waals surface area contributed by atoms with Crippen molar-refractivity contribution in [1.82, 2.24) is 0 Å². The topological polar surface area (TPSA) is 46.2 Å². The second-order valence-corrected chi connectivity index (χ2v) is 10.0. The summed E-state index contributed by atoms with van der Waals surface area (Å²) in [5, 5.41) is 0. The first kappa shape index (κ1) is 17.9. The van der Waals surface area contributed by atoms with Crippen molar-refractivity contribution in [3.8, 4) is 0 Å². The second-order valence-electron chi connectivity index (χ2n) is 5.77. The van der Waals surface area contributed by atoms with Gasteiger partial charge >= 0.3 is 15.3 Å². The zero-order chi connectivity index (χ0) is 14.7. The van der Waals surface area contributed by atoms with E-state index in [0.29, 0.717) is 13.2 Å². The van der Waals surface area contributed by atoms with Gasteiger partial charge in [0.15, 0.2) is 0 Å². The van der Waals surface area contributed by atoms with Gasteiger partial charge in [0.1, 0.15) is 0 Å². The van der Waals surface area contributed by atoms with Crippen molar-refractivity contribution in [3.05, 3.63) is 0 Å². The Hall–Kier alpha value is 0.880. The lowest BCUT2D eigenvalue weighted by molar-refractivity contribution is 0.0361. The van der Waals surface area contributed by atoms with Crippen molar-refractivity contribution in [2.75, 3.05) is 13.2 Å². The van der Waals surface area contributed by atoms with Gasteiger partial charge in [-0.1, -0.05) is 13.8 Å². The summed E-state index contributed by atoms with van der Waals surface area (Å²) in [5.74, 6) is 0. The molecule has 0 spiro atoms. The number of rotatable bonds is 6. The Labute approximate surface area is 122 Å².